The number of ketones is 1. The van der Waals surface area contributed by atoms with Crippen molar-refractivity contribution in [3.8, 4) is 0 Å². The molecule has 0 heterocycles. The smallest absolute Gasteiger partial charge is 0.140 e. The Kier molecular flexibility index (Phi) is 6.40. The summed E-state index contributed by atoms with van der Waals surface area (Å²) in [6, 6.07) is 0. The van der Waals surface area contributed by atoms with Crippen molar-refractivity contribution >= 4 is 5.78 Å². The number of carbonyl (C=O) groups is 1. The Balaban J connectivity index is 3.10. The van der Waals surface area contributed by atoms with Crippen LogP contribution in [0, 0.1) is 16.7 Å². The number of allylic oxidation sites excluding steroid dienone is 5. The second-order valence-corrected chi connectivity index (χ2v) is 8.27. The molecule has 0 spiro atoms. The molecular weight excluding hydrogens is 268 g/mol. The van der Waals surface area contributed by atoms with Gasteiger partial charge in [-0.1, -0.05) is 43.2 Å². The zero-order chi connectivity index (χ0) is 17.0. The molecule has 1 heteroatoms. The Hall–Kier alpha value is -1.11. The van der Waals surface area contributed by atoms with E-state index in [1.54, 1.807) is 0 Å². The molecule has 0 unspecified atom stereocenters. The molecular formula is C21H34O. The third-order valence-electron chi connectivity index (χ3n) is 5.20. The highest BCUT2D eigenvalue weighted by Crippen LogP contribution is 2.51. The Morgan fingerprint density at radius 2 is 1.73 bits per heavy atom. The van der Waals surface area contributed by atoms with Crippen LogP contribution in [-0.4, -0.2) is 5.78 Å². The summed E-state index contributed by atoms with van der Waals surface area (Å²) in [5.41, 5.74) is 2.53. The maximum absolute atomic E-state index is 12.9. The van der Waals surface area contributed by atoms with Crippen LogP contribution in [0.2, 0.25) is 0 Å². The normalized spacial score (nSPS) is 27.2. The standard InChI is InChI=1S/C21H34O/c1-8-12-21(13-11-17(4)5)14-18(10-9-16(2)3)20(6,7)15-19(21)22/h8-9,11,18H,1,10,12-15H2,2-7H3/t18-,21+/m0/s1. The summed E-state index contributed by atoms with van der Waals surface area (Å²) in [7, 11) is 0. The fourth-order valence-electron chi connectivity index (χ4n) is 3.54. The largest absolute Gasteiger partial charge is 0.299 e. The van der Waals surface area contributed by atoms with Crippen molar-refractivity contribution in [2.45, 2.75) is 73.6 Å². The minimum Gasteiger partial charge on any atom is -0.299 e. The van der Waals surface area contributed by atoms with Gasteiger partial charge < -0.3 is 0 Å². The molecule has 0 amide bonds. The number of carbonyl (C=O) groups excluding carboxylic acids is 1. The maximum Gasteiger partial charge on any atom is 0.140 e. The van der Waals surface area contributed by atoms with Gasteiger partial charge in [0.25, 0.3) is 0 Å². The number of rotatable bonds is 6. The van der Waals surface area contributed by atoms with Crippen molar-refractivity contribution in [3.05, 3.63) is 36.0 Å². The lowest BCUT2D eigenvalue weighted by Gasteiger charge is -2.47. The summed E-state index contributed by atoms with van der Waals surface area (Å²) in [4.78, 5) is 12.9. The van der Waals surface area contributed by atoms with E-state index >= 15 is 0 Å². The Labute approximate surface area is 137 Å². The van der Waals surface area contributed by atoms with E-state index in [1.807, 2.05) is 6.08 Å². The fraction of sp³-hybridized carbons (Fsp3) is 0.667. The summed E-state index contributed by atoms with van der Waals surface area (Å²) < 4.78 is 0. The predicted molar refractivity (Wildman–Crippen MR) is 96.9 cm³/mol. The molecule has 0 aromatic rings. The minimum absolute atomic E-state index is 0.0959. The molecule has 0 radical (unpaired) electrons. The number of hydrogen-bond acceptors (Lipinski definition) is 1. The van der Waals surface area contributed by atoms with E-state index in [-0.39, 0.29) is 10.8 Å². The quantitative estimate of drug-likeness (QED) is 0.529. The summed E-state index contributed by atoms with van der Waals surface area (Å²) in [5, 5.41) is 0. The topological polar surface area (TPSA) is 17.1 Å². The summed E-state index contributed by atoms with van der Waals surface area (Å²) in [5.74, 6) is 0.994. The van der Waals surface area contributed by atoms with Gasteiger partial charge in [-0.15, -0.1) is 6.58 Å². The number of Topliss-reactive ketones (excluding diaryl/α,β-unsaturated/α-hetero) is 1. The molecule has 1 aliphatic rings. The minimum atomic E-state index is -0.227. The van der Waals surface area contributed by atoms with Gasteiger partial charge in [0.05, 0.1) is 0 Å². The van der Waals surface area contributed by atoms with Crippen LogP contribution in [0.5, 0.6) is 0 Å². The molecule has 1 aliphatic carbocycles. The second kappa shape index (κ2) is 7.44. The molecule has 0 aliphatic heterocycles. The van der Waals surface area contributed by atoms with Crippen LogP contribution in [-0.2, 0) is 4.79 Å². The third-order valence-corrected chi connectivity index (χ3v) is 5.20. The third kappa shape index (κ3) is 4.69. The molecule has 1 nitrogen and oxygen atoms in total. The average molecular weight is 303 g/mol. The molecule has 0 aromatic carbocycles. The summed E-state index contributed by atoms with van der Waals surface area (Å²) in [6.07, 6.45) is 10.9. The van der Waals surface area contributed by atoms with Crippen LogP contribution in [0.25, 0.3) is 0 Å². The van der Waals surface area contributed by atoms with Crippen molar-refractivity contribution in [1.29, 1.82) is 0 Å². The van der Waals surface area contributed by atoms with Crippen LogP contribution in [0.3, 0.4) is 0 Å². The van der Waals surface area contributed by atoms with Crippen LogP contribution < -0.4 is 0 Å². The zero-order valence-electron chi connectivity index (χ0n) is 15.5. The van der Waals surface area contributed by atoms with Gasteiger partial charge in [-0.2, -0.15) is 0 Å². The molecule has 1 fully saturated rings. The zero-order valence-corrected chi connectivity index (χ0v) is 15.5. The van der Waals surface area contributed by atoms with Gasteiger partial charge in [0.2, 0.25) is 0 Å². The molecule has 0 N–H and O–H groups in total. The summed E-state index contributed by atoms with van der Waals surface area (Å²) >= 11 is 0. The van der Waals surface area contributed by atoms with E-state index in [2.05, 4.69) is 60.3 Å². The molecule has 22 heavy (non-hydrogen) atoms. The van der Waals surface area contributed by atoms with Gasteiger partial charge in [0.1, 0.15) is 5.78 Å². The van der Waals surface area contributed by atoms with Crippen molar-refractivity contribution in [1.82, 2.24) is 0 Å². The van der Waals surface area contributed by atoms with Gasteiger partial charge in [-0.25, -0.2) is 0 Å². The SMILES string of the molecule is C=CC[C@@]1(CC=C(C)C)C[C@H](CC=C(C)C)C(C)(C)CC1=O. The van der Waals surface area contributed by atoms with E-state index in [4.69, 9.17) is 0 Å². The molecule has 1 rings (SSSR count). The van der Waals surface area contributed by atoms with E-state index in [0.29, 0.717) is 18.1 Å². The highest BCUT2D eigenvalue weighted by Gasteiger charge is 2.48. The molecule has 2 atom stereocenters. The van der Waals surface area contributed by atoms with E-state index < -0.39 is 0 Å². The van der Waals surface area contributed by atoms with Crippen LogP contribution in [0.15, 0.2) is 36.0 Å². The van der Waals surface area contributed by atoms with E-state index in [0.717, 1.165) is 25.7 Å². The highest BCUT2D eigenvalue weighted by molar-refractivity contribution is 5.86. The number of hydrogen-bond donors (Lipinski definition) is 0. The summed E-state index contributed by atoms with van der Waals surface area (Å²) in [6.45, 7) is 17.0. The average Bonchev–Trinajstić information content (AvgIpc) is 2.38. The first-order valence-electron chi connectivity index (χ1n) is 8.54. The fourth-order valence-corrected chi connectivity index (χ4v) is 3.54. The first-order chi connectivity index (χ1) is 10.1. The Morgan fingerprint density at radius 3 is 2.23 bits per heavy atom. The van der Waals surface area contributed by atoms with Crippen molar-refractivity contribution in [2.24, 2.45) is 16.7 Å². The van der Waals surface area contributed by atoms with E-state index in [1.165, 1.54) is 11.1 Å². The van der Waals surface area contributed by atoms with E-state index in [9.17, 15) is 4.79 Å². The predicted octanol–water partition coefficient (Wildman–Crippen LogP) is 6.27. The lowest BCUT2D eigenvalue weighted by atomic mass is 9.56. The van der Waals surface area contributed by atoms with Gasteiger partial charge in [0, 0.05) is 11.8 Å². The van der Waals surface area contributed by atoms with Crippen LogP contribution in [0.1, 0.15) is 73.6 Å². The van der Waals surface area contributed by atoms with Gasteiger partial charge in [-0.05, 0) is 64.7 Å². The lowest BCUT2D eigenvalue weighted by molar-refractivity contribution is -0.138. The van der Waals surface area contributed by atoms with Crippen molar-refractivity contribution < 1.29 is 4.79 Å². The second-order valence-electron chi connectivity index (χ2n) is 8.27. The van der Waals surface area contributed by atoms with Gasteiger partial charge in [-0.3, -0.25) is 4.79 Å². The maximum atomic E-state index is 12.9. The van der Waals surface area contributed by atoms with Crippen molar-refractivity contribution in [2.75, 3.05) is 0 Å². The van der Waals surface area contributed by atoms with Gasteiger partial charge >= 0.3 is 0 Å². The first kappa shape index (κ1) is 18.9. The molecule has 0 saturated heterocycles. The van der Waals surface area contributed by atoms with Crippen LogP contribution in [0.4, 0.5) is 0 Å². The molecule has 124 valence electrons. The van der Waals surface area contributed by atoms with Crippen LogP contribution >= 0.6 is 0 Å². The first-order valence-corrected chi connectivity index (χ1v) is 8.54. The molecule has 1 saturated carbocycles. The van der Waals surface area contributed by atoms with Crippen molar-refractivity contribution in [3.63, 3.8) is 0 Å². The lowest BCUT2D eigenvalue weighted by Crippen LogP contribution is -2.45. The molecule has 0 aromatic heterocycles. The van der Waals surface area contributed by atoms with Gasteiger partial charge in [0.15, 0.2) is 0 Å². The Bertz CT molecular complexity index is 470. The highest BCUT2D eigenvalue weighted by atomic mass is 16.1. The monoisotopic (exact) mass is 302 g/mol. The molecule has 0 bridgehead atoms. The Morgan fingerprint density at radius 1 is 1.14 bits per heavy atom.